The fourth-order valence-corrected chi connectivity index (χ4v) is 5.60. The molecule has 0 unspecified atom stereocenters. The molecule has 1 heterocycles. The summed E-state index contributed by atoms with van der Waals surface area (Å²) in [6, 6.07) is 20.1. The quantitative estimate of drug-likeness (QED) is 0.205. The monoisotopic (exact) mass is 639 g/mol. The van der Waals surface area contributed by atoms with Gasteiger partial charge in [-0.3, -0.25) is 19.2 Å². The molecule has 0 saturated heterocycles. The van der Waals surface area contributed by atoms with Crippen molar-refractivity contribution in [3.05, 3.63) is 89.0 Å². The van der Waals surface area contributed by atoms with Crippen molar-refractivity contribution in [2.45, 2.75) is 84.0 Å². The fourth-order valence-electron chi connectivity index (χ4n) is 5.60. The van der Waals surface area contributed by atoms with E-state index in [0.29, 0.717) is 54.3 Å². The predicted octanol–water partition coefficient (Wildman–Crippen LogP) is 5.72. The minimum Gasteiger partial charge on any atom is -0.482 e. The number of rotatable bonds is 13. The van der Waals surface area contributed by atoms with Gasteiger partial charge in [0, 0.05) is 47.9 Å². The van der Waals surface area contributed by atoms with Gasteiger partial charge in [0.15, 0.2) is 6.61 Å². The summed E-state index contributed by atoms with van der Waals surface area (Å²) in [5.41, 5.74) is 9.41. The van der Waals surface area contributed by atoms with E-state index in [2.05, 4.69) is 10.6 Å². The zero-order valence-corrected chi connectivity index (χ0v) is 27.5. The van der Waals surface area contributed by atoms with Crippen molar-refractivity contribution in [2.75, 3.05) is 23.8 Å². The first-order chi connectivity index (χ1) is 22.5. The molecule has 4 amide bonds. The minimum absolute atomic E-state index is 0.0723. The van der Waals surface area contributed by atoms with Crippen LogP contribution in [-0.2, 0) is 22.7 Å². The van der Waals surface area contributed by atoms with Gasteiger partial charge in [-0.1, -0.05) is 30.7 Å². The SMILES string of the molecule is CC(C)(C)N(Cc1ccc(NC(=O)c2ccc(CN(C(=O)c3ccc4c(c3)OCC(=O)N4)C3CC3)cc2)cc1)C(=O)CCCCCN. The van der Waals surface area contributed by atoms with Crippen molar-refractivity contribution >= 4 is 35.0 Å². The Morgan fingerprint density at radius 1 is 0.894 bits per heavy atom. The molecule has 0 radical (unpaired) electrons. The molecule has 1 aliphatic heterocycles. The van der Waals surface area contributed by atoms with Crippen molar-refractivity contribution in [1.82, 2.24) is 9.80 Å². The molecule has 0 aromatic heterocycles. The summed E-state index contributed by atoms with van der Waals surface area (Å²) in [7, 11) is 0. The van der Waals surface area contributed by atoms with Crippen LogP contribution in [0.4, 0.5) is 11.4 Å². The van der Waals surface area contributed by atoms with Crippen LogP contribution >= 0.6 is 0 Å². The Balaban J connectivity index is 1.17. The summed E-state index contributed by atoms with van der Waals surface area (Å²) in [4.78, 5) is 54.9. The van der Waals surface area contributed by atoms with E-state index in [0.717, 1.165) is 43.2 Å². The maximum atomic E-state index is 13.5. The average molecular weight is 640 g/mol. The Morgan fingerprint density at radius 3 is 2.21 bits per heavy atom. The van der Waals surface area contributed by atoms with Crippen molar-refractivity contribution in [3.63, 3.8) is 0 Å². The Bertz CT molecular complexity index is 1590. The first-order valence-electron chi connectivity index (χ1n) is 16.4. The average Bonchev–Trinajstić information content (AvgIpc) is 3.90. The lowest BCUT2D eigenvalue weighted by atomic mass is 10.0. The van der Waals surface area contributed by atoms with E-state index in [9.17, 15) is 19.2 Å². The zero-order valence-electron chi connectivity index (χ0n) is 27.5. The number of amides is 4. The van der Waals surface area contributed by atoms with Gasteiger partial charge in [-0.05, 0) is 107 Å². The number of anilines is 2. The second-order valence-corrected chi connectivity index (χ2v) is 13.3. The van der Waals surface area contributed by atoms with Crippen LogP contribution in [-0.4, -0.2) is 58.2 Å². The number of carbonyl (C=O) groups is 4. The molecule has 0 atom stereocenters. The minimum atomic E-state index is -0.316. The summed E-state index contributed by atoms with van der Waals surface area (Å²) >= 11 is 0. The van der Waals surface area contributed by atoms with Crippen LogP contribution in [0.3, 0.4) is 0 Å². The Hall–Kier alpha value is -4.70. The second kappa shape index (κ2) is 14.8. The molecule has 47 heavy (non-hydrogen) atoms. The highest BCUT2D eigenvalue weighted by molar-refractivity contribution is 6.04. The molecular formula is C37H45N5O5. The molecule has 1 saturated carbocycles. The van der Waals surface area contributed by atoms with Gasteiger partial charge in [0.2, 0.25) is 5.91 Å². The Morgan fingerprint density at radius 2 is 1.55 bits per heavy atom. The summed E-state index contributed by atoms with van der Waals surface area (Å²) in [6.45, 7) is 7.61. The van der Waals surface area contributed by atoms with E-state index in [1.165, 1.54) is 0 Å². The zero-order chi connectivity index (χ0) is 33.6. The highest BCUT2D eigenvalue weighted by atomic mass is 16.5. The van der Waals surface area contributed by atoms with Gasteiger partial charge in [-0.15, -0.1) is 0 Å². The van der Waals surface area contributed by atoms with Crippen molar-refractivity contribution in [2.24, 2.45) is 5.73 Å². The van der Waals surface area contributed by atoms with Crippen LogP contribution in [0.5, 0.6) is 5.75 Å². The van der Waals surface area contributed by atoms with Gasteiger partial charge in [0.05, 0.1) is 5.69 Å². The molecule has 3 aromatic rings. The number of carbonyl (C=O) groups excluding carboxylic acids is 4. The van der Waals surface area contributed by atoms with Crippen LogP contribution in [0.25, 0.3) is 0 Å². The largest absolute Gasteiger partial charge is 0.482 e. The number of fused-ring (bicyclic) bond motifs is 1. The normalized spacial score (nSPS) is 14.0. The van der Waals surface area contributed by atoms with Gasteiger partial charge in [-0.25, -0.2) is 0 Å². The topological polar surface area (TPSA) is 134 Å². The number of ether oxygens (including phenoxy) is 1. The van der Waals surface area contributed by atoms with E-state index in [1.807, 2.05) is 67.0 Å². The third-order valence-electron chi connectivity index (χ3n) is 8.44. The molecule has 1 fully saturated rings. The van der Waals surface area contributed by atoms with Crippen LogP contribution < -0.4 is 21.1 Å². The van der Waals surface area contributed by atoms with Gasteiger partial charge < -0.3 is 30.9 Å². The molecule has 248 valence electrons. The number of unbranched alkanes of at least 4 members (excludes halogenated alkanes) is 2. The molecule has 10 nitrogen and oxygen atoms in total. The summed E-state index contributed by atoms with van der Waals surface area (Å²) in [6.07, 6.45) is 5.11. The summed E-state index contributed by atoms with van der Waals surface area (Å²) in [5, 5.41) is 5.70. The van der Waals surface area contributed by atoms with Gasteiger partial charge in [-0.2, -0.15) is 0 Å². The molecular weight excluding hydrogens is 594 g/mol. The molecule has 0 spiro atoms. The Kier molecular flexibility index (Phi) is 10.6. The van der Waals surface area contributed by atoms with E-state index < -0.39 is 0 Å². The van der Waals surface area contributed by atoms with Gasteiger partial charge in [0.1, 0.15) is 5.75 Å². The maximum absolute atomic E-state index is 13.5. The molecule has 2 aliphatic rings. The molecule has 3 aromatic carbocycles. The molecule has 5 rings (SSSR count). The van der Waals surface area contributed by atoms with Crippen LogP contribution in [0.1, 0.15) is 91.1 Å². The Labute approximate surface area is 276 Å². The number of nitrogens with two attached hydrogens (primary N) is 1. The summed E-state index contributed by atoms with van der Waals surface area (Å²) < 4.78 is 5.50. The smallest absolute Gasteiger partial charge is 0.262 e. The van der Waals surface area contributed by atoms with Crippen molar-refractivity contribution in [3.8, 4) is 5.75 Å². The molecule has 1 aliphatic carbocycles. The van der Waals surface area contributed by atoms with E-state index in [-0.39, 0.29) is 41.8 Å². The summed E-state index contributed by atoms with van der Waals surface area (Å²) in [5.74, 6) is 0.0689. The number of hydrogen-bond acceptors (Lipinski definition) is 6. The lowest BCUT2D eigenvalue weighted by Gasteiger charge is -2.36. The number of benzene rings is 3. The third-order valence-corrected chi connectivity index (χ3v) is 8.44. The number of nitrogens with zero attached hydrogens (tertiary/aromatic N) is 2. The highest BCUT2D eigenvalue weighted by Crippen LogP contribution is 2.33. The van der Waals surface area contributed by atoms with Crippen LogP contribution in [0.2, 0.25) is 0 Å². The maximum Gasteiger partial charge on any atom is 0.262 e. The molecule has 4 N–H and O–H groups in total. The fraction of sp³-hybridized carbons (Fsp3) is 0.405. The van der Waals surface area contributed by atoms with E-state index in [4.69, 9.17) is 10.5 Å². The second-order valence-electron chi connectivity index (χ2n) is 13.3. The van der Waals surface area contributed by atoms with Crippen molar-refractivity contribution in [1.29, 1.82) is 0 Å². The molecule has 10 heteroatoms. The highest BCUT2D eigenvalue weighted by Gasteiger charge is 2.34. The lowest BCUT2D eigenvalue weighted by molar-refractivity contribution is -0.137. The van der Waals surface area contributed by atoms with Gasteiger partial charge >= 0.3 is 0 Å². The first kappa shape index (κ1) is 33.7. The van der Waals surface area contributed by atoms with Gasteiger partial charge in [0.25, 0.3) is 17.7 Å². The predicted molar refractivity (Wildman–Crippen MR) is 182 cm³/mol. The van der Waals surface area contributed by atoms with Crippen LogP contribution in [0, 0.1) is 0 Å². The van der Waals surface area contributed by atoms with Crippen LogP contribution in [0.15, 0.2) is 66.7 Å². The van der Waals surface area contributed by atoms with E-state index in [1.54, 1.807) is 30.3 Å². The standard InChI is InChI=1S/C37H45N5O5/c1-37(2,3)42(34(44)7-5-4-6-20-38)23-26-10-15-29(16-11-26)39-35(45)27-12-8-25(9-13-27)22-41(30-17-18-30)36(46)28-14-19-31-32(21-28)47-24-33(43)40-31/h8-16,19,21,30H,4-7,17-18,20,22-24,38H2,1-3H3,(H,39,45)(H,40,43). The number of hydrogen-bond donors (Lipinski definition) is 3. The van der Waals surface area contributed by atoms with E-state index >= 15 is 0 Å². The lowest BCUT2D eigenvalue weighted by Crippen LogP contribution is -2.45. The number of nitrogens with one attached hydrogen (secondary N) is 2. The first-order valence-corrected chi connectivity index (χ1v) is 16.4. The third kappa shape index (κ3) is 8.98. The molecule has 0 bridgehead atoms. The van der Waals surface area contributed by atoms with Crippen molar-refractivity contribution < 1.29 is 23.9 Å².